The molecule has 0 bridgehead atoms. The van der Waals surface area contributed by atoms with Gasteiger partial charge in [0.2, 0.25) is 0 Å². The molecule has 3 nitrogen and oxygen atoms in total. The molecule has 0 rings (SSSR count). The molecule has 0 aromatic carbocycles. The summed E-state index contributed by atoms with van der Waals surface area (Å²) in [5, 5.41) is 0. The Labute approximate surface area is 73.6 Å². The minimum absolute atomic E-state index is 0.355. The van der Waals surface area contributed by atoms with Crippen LogP contribution in [0.3, 0.4) is 0 Å². The third kappa shape index (κ3) is 3.53. The first-order valence-electron chi connectivity index (χ1n) is 4.03. The molecule has 2 N–H and O–H groups in total. The fourth-order valence-electron chi connectivity index (χ4n) is 0.949. The molecule has 0 radical (unpaired) electrons. The minimum atomic E-state index is -0.849. The van der Waals surface area contributed by atoms with Gasteiger partial charge in [0.1, 0.15) is 5.54 Å². The number of hydrogen-bond donors (Lipinski definition) is 1. The summed E-state index contributed by atoms with van der Waals surface area (Å²) in [5.74, 6) is -0.355. The van der Waals surface area contributed by atoms with Crippen molar-refractivity contribution >= 4 is 5.97 Å². The van der Waals surface area contributed by atoms with Crippen LogP contribution in [0.4, 0.5) is 0 Å². The van der Waals surface area contributed by atoms with Crippen LogP contribution in [-0.4, -0.2) is 18.6 Å². The number of methoxy groups -OCH3 is 1. The first-order chi connectivity index (χ1) is 5.54. The van der Waals surface area contributed by atoms with E-state index in [0.717, 1.165) is 12.8 Å². The fourth-order valence-corrected chi connectivity index (χ4v) is 0.949. The maximum atomic E-state index is 11.1. The second-order valence-electron chi connectivity index (χ2n) is 3.09. The van der Waals surface area contributed by atoms with E-state index in [-0.39, 0.29) is 5.97 Å². The van der Waals surface area contributed by atoms with E-state index in [0.29, 0.717) is 6.42 Å². The first kappa shape index (κ1) is 11.2. The monoisotopic (exact) mass is 171 g/mol. The normalized spacial score (nSPS) is 14.9. The Kier molecular flexibility index (Phi) is 4.59. The minimum Gasteiger partial charge on any atom is -0.468 e. The van der Waals surface area contributed by atoms with E-state index >= 15 is 0 Å². The molecular formula is C9H17NO2. The highest BCUT2D eigenvalue weighted by atomic mass is 16.5. The predicted molar refractivity (Wildman–Crippen MR) is 48.7 cm³/mol. The highest BCUT2D eigenvalue weighted by Crippen LogP contribution is 2.12. The number of unbranched alkanes of at least 4 members (excludes halogenated alkanes) is 1. The van der Waals surface area contributed by atoms with Crippen molar-refractivity contribution in [3.05, 3.63) is 12.7 Å². The fraction of sp³-hybridized carbons (Fsp3) is 0.667. The molecule has 0 heterocycles. The third-order valence-electron chi connectivity index (χ3n) is 1.76. The summed E-state index contributed by atoms with van der Waals surface area (Å²) >= 11 is 0. The molecule has 0 aliphatic heterocycles. The summed E-state index contributed by atoms with van der Waals surface area (Å²) in [6.45, 7) is 5.27. The van der Waals surface area contributed by atoms with E-state index in [4.69, 9.17) is 5.73 Å². The van der Waals surface area contributed by atoms with E-state index in [1.54, 1.807) is 6.92 Å². The molecule has 0 unspecified atom stereocenters. The van der Waals surface area contributed by atoms with Crippen LogP contribution in [-0.2, 0) is 9.53 Å². The Morgan fingerprint density at radius 3 is 2.75 bits per heavy atom. The summed E-state index contributed by atoms with van der Waals surface area (Å²) in [6.07, 6.45) is 4.19. The number of ether oxygens (including phenoxy) is 1. The number of hydrogen-bond acceptors (Lipinski definition) is 3. The molecule has 0 saturated carbocycles. The lowest BCUT2D eigenvalue weighted by molar-refractivity contribution is -0.146. The van der Waals surface area contributed by atoms with Crippen LogP contribution in [0.15, 0.2) is 12.7 Å². The lowest BCUT2D eigenvalue weighted by Crippen LogP contribution is -2.45. The topological polar surface area (TPSA) is 52.3 Å². The lowest BCUT2D eigenvalue weighted by atomic mass is 9.96. The predicted octanol–water partition coefficient (Wildman–Crippen LogP) is 1.23. The van der Waals surface area contributed by atoms with Gasteiger partial charge in [-0.25, -0.2) is 0 Å². The zero-order valence-electron chi connectivity index (χ0n) is 7.80. The van der Waals surface area contributed by atoms with Crippen LogP contribution in [0.25, 0.3) is 0 Å². The maximum Gasteiger partial charge on any atom is 0.325 e. The van der Waals surface area contributed by atoms with Crippen molar-refractivity contribution in [1.82, 2.24) is 0 Å². The molecule has 1 atom stereocenters. The summed E-state index contributed by atoms with van der Waals surface area (Å²) in [7, 11) is 1.35. The van der Waals surface area contributed by atoms with Crippen LogP contribution >= 0.6 is 0 Å². The number of esters is 1. The van der Waals surface area contributed by atoms with Gasteiger partial charge in [-0.3, -0.25) is 4.79 Å². The van der Waals surface area contributed by atoms with E-state index < -0.39 is 5.54 Å². The van der Waals surface area contributed by atoms with Crippen molar-refractivity contribution in [3.8, 4) is 0 Å². The zero-order valence-corrected chi connectivity index (χ0v) is 7.80. The second-order valence-corrected chi connectivity index (χ2v) is 3.09. The van der Waals surface area contributed by atoms with Gasteiger partial charge in [0.15, 0.2) is 0 Å². The molecule has 0 spiro atoms. The van der Waals surface area contributed by atoms with Gasteiger partial charge >= 0.3 is 5.97 Å². The van der Waals surface area contributed by atoms with Gasteiger partial charge in [-0.15, -0.1) is 6.58 Å². The van der Waals surface area contributed by atoms with Gasteiger partial charge in [-0.1, -0.05) is 6.08 Å². The van der Waals surface area contributed by atoms with Crippen molar-refractivity contribution in [2.45, 2.75) is 31.7 Å². The van der Waals surface area contributed by atoms with Gasteiger partial charge < -0.3 is 10.5 Å². The van der Waals surface area contributed by atoms with Gasteiger partial charge in [0.25, 0.3) is 0 Å². The van der Waals surface area contributed by atoms with Crippen LogP contribution in [0.2, 0.25) is 0 Å². The Bertz CT molecular complexity index is 164. The highest BCUT2D eigenvalue weighted by Gasteiger charge is 2.28. The molecule has 3 heteroatoms. The number of carbonyl (C=O) groups is 1. The van der Waals surface area contributed by atoms with Crippen LogP contribution in [0, 0.1) is 0 Å². The smallest absolute Gasteiger partial charge is 0.325 e. The van der Waals surface area contributed by atoms with Crippen LogP contribution < -0.4 is 5.73 Å². The number of nitrogens with two attached hydrogens (primary N) is 1. The van der Waals surface area contributed by atoms with Gasteiger partial charge in [0.05, 0.1) is 7.11 Å². The molecule has 0 aromatic rings. The van der Waals surface area contributed by atoms with E-state index in [1.807, 2.05) is 6.08 Å². The Balaban J connectivity index is 3.86. The Morgan fingerprint density at radius 1 is 1.75 bits per heavy atom. The molecule has 0 amide bonds. The second kappa shape index (κ2) is 4.93. The van der Waals surface area contributed by atoms with Crippen LogP contribution in [0.5, 0.6) is 0 Å². The first-order valence-corrected chi connectivity index (χ1v) is 4.03. The van der Waals surface area contributed by atoms with E-state index in [9.17, 15) is 4.79 Å². The van der Waals surface area contributed by atoms with Gasteiger partial charge in [-0.2, -0.15) is 0 Å². The third-order valence-corrected chi connectivity index (χ3v) is 1.76. The maximum absolute atomic E-state index is 11.1. The van der Waals surface area contributed by atoms with Crippen molar-refractivity contribution in [3.63, 3.8) is 0 Å². The van der Waals surface area contributed by atoms with Crippen LogP contribution in [0.1, 0.15) is 26.2 Å². The largest absolute Gasteiger partial charge is 0.468 e. The van der Waals surface area contributed by atoms with E-state index in [1.165, 1.54) is 7.11 Å². The summed E-state index contributed by atoms with van der Waals surface area (Å²) in [5.41, 5.74) is 4.85. The zero-order chi connectivity index (χ0) is 9.61. The number of rotatable bonds is 5. The number of allylic oxidation sites excluding steroid dienone is 1. The lowest BCUT2D eigenvalue weighted by Gasteiger charge is -2.20. The quantitative estimate of drug-likeness (QED) is 0.384. The standard InChI is InChI=1S/C9H17NO2/c1-4-5-6-7-9(2,10)8(11)12-3/h4H,1,5-7,10H2,2-3H3/t9-/m0/s1. The molecule has 0 aromatic heterocycles. The van der Waals surface area contributed by atoms with Crippen molar-refractivity contribution in [1.29, 1.82) is 0 Å². The summed E-state index contributed by atoms with van der Waals surface area (Å²) in [4.78, 5) is 11.1. The molecule has 0 saturated heterocycles. The van der Waals surface area contributed by atoms with Gasteiger partial charge in [-0.05, 0) is 26.2 Å². The van der Waals surface area contributed by atoms with E-state index in [2.05, 4.69) is 11.3 Å². The van der Waals surface area contributed by atoms with Crippen molar-refractivity contribution in [2.75, 3.05) is 7.11 Å². The number of carbonyl (C=O) groups excluding carboxylic acids is 1. The molecule has 0 fully saturated rings. The average Bonchev–Trinajstić information content (AvgIpc) is 2.03. The van der Waals surface area contributed by atoms with Crippen molar-refractivity contribution in [2.24, 2.45) is 5.73 Å². The van der Waals surface area contributed by atoms with Crippen molar-refractivity contribution < 1.29 is 9.53 Å². The molecule has 70 valence electrons. The Morgan fingerprint density at radius 2 is 2.33 bits per heavy atom. The Hall–Kier alpha value is -0.830. The molecule has 12 heavy (non-hydrogen) atoms. The SMILES string of the molecule is C=CCCC[C@](C)(N)C(=O)OC. The van der Waals surface area contributed by atoms with Gasteiger partial charge in [0, 0.05) is 0 Å². The molecule has 0 aliphatic carbocycles. The summed E-state index contributed by atoms with van der Waals surface area (Å²) < 4.78 is 4.56. The molecule has 0 aliphatic rings. The summed E-state index contributed by atoms with van der Waals surface area (Å²) in [6, 6.07) is 0. The average molecular weight is 171 g/mol. The highest BCUT2D eigenvalue weighted by molar-refractivity contribution is 5.79. The molecular weight excluding hydrogens is 154 g/mol.